The van der Waals surface area contributed by atoms with E-state index in [2.05, 4.69) is 39.8 Å². The highest BCUT2D eigenvalue weighted by Crippen LogP contribution is 2.37. The van der Waals surface area contributed by atoms with Gasteiger partial charge < -0.3 is 18.9 Å². The lowest BCUT2D eigenvalue weighted by atomic mass is 9.78. The minimum Gasteiger partial charge on any atom is -0.444 e. The van der Waals surface area contributed by atoms with Gasteiger partial charge >= 0.3 is 13.2 Å². The van der Waals surface area contributed by atoms with Crippen LogP contribution in [0.4, 0.5) is 4.79 Å². The van der Waals surface area contributed by atoms with Crippen LogP contribution in [-0.4, -0.2) is 41.5 Å². The average molecular weight is 373 g/mol. The third-order valence-corrected chi connectivity index (χ3v) is 5.73. The van der Waals surface area contributed by atoms with Crippen molar-refractivity contribution < 1.29 is 18.8 Å². The largest absolute Gasteiger partial charge is 0.494 e. The summed E-state index contributed by atoms with van der Waals surface area (Å²) in [7, 11) is -0.366. The molecule has 1 atom stereocenters. The second-order valence-electron chi connectivity index (χ2n) is 9.59. The molecule has 0 aliphatic carbocycles. The molecule has 2 aliphatic heterocycles. The number of hydrogen-bond donors (Lipinski definition) is 0. The molecule has 2 saturated heterocycles. The molecule has 0 spiro atoms. The molecular formula is C21H32BNO4. The van der Waals surface area contributed by atoms with Crippen LogP contribution in [0.2, 0.25) is 0 Å². The Labute approximate surface area is 163 Å². The Kier molecular flexibility index (Phi) is 5.11. The molecule has 3 rings (SSSR count). The Morgan fingerprint density at radius 2 is 1.67 bits per heavy atom. The molecule has 2 heterocycles. The van der Waals surface area contributed by atoms with Gasteiger partial charge in [-0.05, 0) is 72.3 Å². The molecular weight excluding hydrogens is 341 g/mol. The SMILES string of the molecule is CC(C)(C)OC(=O)N1CCC[C@@H]1c1ccc(B2OC(C)(C)C(C)(C)O2)cc1. The minimum atomic E-state index is -0.481. The molecule has 148 valence electrons. The van der Waals surface area contributed by atoms with Crippen LogP contribution in [0.15, 0.2) is 24.3 Å². The fraction of sp³-hybridized carbons (Fsp3) is 0.667. The van der Waals surface area contributed by atoms with E-state index in [1.807, 2.05) is 37.8 Å². The molecule has 6 heteroatoms. The van der Waals surface area contributed by atoms with Gasteiger partial charge in [0, 0.05) is 6.54 Å². The van der Waals surface area contributed by atoms with E-state index >= 15 is 0 Å². The lowest BCUT2D eigenvalue weighted by molar-refractivity contribution is 0.00578. The number of amides is 1. The van der Waals surface area contributed by atoms with Gasteiger partial charge in [0.15, 0.2) is 0 Å². The summed E-state index contributed by atoms with van der Waals surface area (Å²) in [5, 5.41) is 0. The fourth-order valence-electron chi connectivity index (χ4n) is 3.51. The molecule has 1 aromatic carbocycles. The minimum absolute atomic E-state index is 0.0622. The van der Waals surface area contributed by atoms with Crippen LogP contribution in [0.1, 0.15) is 72.9 Å². The number of carbonyl (C=O) groups excluding carboxylic acids is 1. The van der Waals surface area contributed by atoms with Gasteiger partial charge in [-0.25, -0.2) is 4.79 Å². The van der Waals surface area contributed by atoms with Crippen LogP contribution in [-0.2, 0) is 14.0 Å². The number of rotatable bonds is 2. The summed E-state index contributed by atoms with van der Waals surface area (Å²) >= 11 is 0. The molecule has 27 heavy (non-hydrogen) atoms. The summed E-state index contributed by atoms with van der Waals surface area (Å²) in [6.45, 7) is 14.6. The van der Waals surface area contributed by atoms with Gasteiger partial charge in [0.1, 0.15) is 5.60 Å². The highest BCUT2D eigenvalue weighted by Gasteiger charge is 2.51. The Morgan fingerprint density at radius 1 is 1.11 bits per heavy atom. The highest BCUT2D eigenvalue weighted by atomic mass is 16.7. The maximum Gasteiger partial charge on any atom is 0.494 e. The van der Waals surface area contributed by atoms with E-state index in [0.717, 1.165) is 30.4 Å². The van der Waals surface area contributed by atoms with Crippen molar-refractivity contribution in [3.63, 3.8) is 0 Å². The van der Waals surface area contributed by atoms with Crippen molar-refractivity contribution in [2.24, 2.45) is 0 Å². The van der Waals surface area contributed by atoms with Gasteiger partial charge in [-0.3, -0.25) is 0 Å². The van der Waals surface area contributed by atoms with Crippen LogP contribution in [0.5, 0.6) is 0 Å². The van der Waals surface area contributed by atoms with Crippen molar-refractivity contribution in [1.82, 2.24) is 4.90 Å². The number of nitrogens with zero attached hydrogens (tertiary/aromatic N) is 1. The van der Waals surface area contributed by atoms with Crippen LogP contribution in [0.3, 0.4) is 0 Å². The molecule has 1 amide bonds. The molecule has 1 aromatic rings. The number of benzene rings is 1. The van der Waals surface area contributed by atoms with Gasteiger partial charge in [0.25, 0.3) is 0 Å². The fourth-order valence-corrected chi connectivity index (χ4v) is 3.51. The normalized spacial score (nSPS) is 24.3. The zero-order chi connectivity index (χ0) is 20.0. The Morgan fingerprint density at radius 3 is 2.19 bits per heavy atom. The predicted molar refractivity (Wildman–Crippen MR) is 107 cm³/mol. The molecule has 2 fully saturated rings. The van der Waals surface area contributed by atoms with E-state index in [0.29, 0.717) is 0 Å². The lowest BCUT2D eigenvalue weighted by Gasteiger charge is -2.32. The first-order chi connectivity index (χ1) is 12.4. The van der Waals surface area contributed by atoms with E-state index < -0.39 is 5.60 Å². The summed E-state index contributed by atoms with van der Waals surface area (Å²) in [6, 6.07) is 8.31. The highest BCUT2D eigenvalue weighted by molar-refractivity contribution is 6.62. The van der Waals surface area contributed by atoms with E-state index in [1.165, 1.54) is 0 Å². The Balaban J connectivity index is 1.73. The first kappa shape index (κ1) is 20.2. The van der Waals surface area contributed by atoms with Gasteiger partial charge in [-0.1, -0.05) is 24.3 Å². The molecule has 0 saturated carbocycles. The zero-order valence-electron chi connectivity index (χ0n) is 17.7. The van der Waals surface area contributed by atoms with Gasteiger partial charge in [-0.15, -0.1) is 0 Å². The quantitative estimate of drug-likeness (QED) is 0.734. The van der Waals surface area contributed by atoms with Crippen LogP contribution in [0.25, 0.3) is 0 Å². The Hall–Kier alpha value is -1.53. The molecule has 0 aromatic heterocycles. The van der Waals surface area contributed by atoms with E-state index in [9.17, 15) is 4.79 Å². The van der Waals surface area contributed by atoms with Gasteiger partial charge in [-0.2, -0.15) is 0 Å². The predicted octanol–water partition coefficient (Wildman–Crippen LogP) is 4.06. The van der Waals surface area contributed by atoms with Gasteiger partial charge in [0.2, 0.25) is 0 Å². The van der Waals surface area contributed by atoms with Crippen molar-refractivity contribution >= 4 is 18.7 Å². The van der Waals surface area contributed by atoms with Crippen molar-refractivity contribution in [2.45, 2.75) is 84.2 Å². The summed E-state index contributed by atoms with van der Waals surface area (Å²) in [6.07, 6.45) is 1.71. The second-order valence-corrected chi connectivity index (χ2v) is 9.59. The maximum absolute atomic E-state index is 12.5. The molecule has 0 bridgehead atoms. The van der Waals surface area contributed by atoms with Gasteiger partial charge in [0.05, 0.1) is 17.2 Å². The van der Waals surface area contributed by atoms with Crippen LogP contribution in [0, 0.1) is 0 Å². The molecule has 0 unspecified atom stereocenters. The standard InChI is InChI=1S/C21H32BNO4/c1-19(2,3)25-18(24)23-14-8-9-17(23)15-10-12-16(13-11-15)22-26-20(4,5)21(6,7)27-22/h10-13,17H,8-9,14H2,1-7H3/t17-/m1/s1. The molecule has 5 nitrogen and oxygen atoms in total. The number of likely N-dealkylation sites (tertiary alicyclic amines) is 1. The van der Waals surface area contributed by atoms with Crippen molar-refractivity contribution in [3.8, 4) is 0 Å². The smallest absolute Gasteiger partial charge is 0.444 e. The number of ether oxygens (including phenoxy) is 1. The first-order valence-corrected chi connectivity index (χ1v) is 9.85. The van der Waals surface area contributed by atoms with Crippen LogP contribution < -0.4 is 5.46 Å². The third kappa shape index (κ3) is 4.17. The van der Waals surface area contributed by atoms with Crippen molar-refractivity contribution in [3.05, 3.63) is 29.8 Å². The van der Waals surface area contributed by atoms with Crippen molar-refractivity contribution in [1.29, 1.82) is 0 Å². The third-order valence-electron chi connectivity index (χ3n) is 5.73. The molecule has 0 N–H and O–H groups in total. The number of carbonyl (C=O) groups is 1. The lowest BCUT2D eigenvalue weighted by Crippen LogP contribution is -2.41. The monoisotopic (exact) mass is 373 g/mol. The maximum atomic E-state index is 12.5. The zero-order valence-corrected chi connectivity index (χ0v) is 17.7. The molecule has 2 aliphatic rings. The number of hydrogen-bond acceptors (Lipinski definition) is 4. The van der Waals surface area contributed by atoms with Crippen LogP contribution >= 0.6 is 0 Å². The van der Waals surface area contributed by atoms with E-state index in [4.69, 9.17) is 14.0 Å². The first-order valence-electron chi connectivity index (χ1n) is 9.85. The summed E-state index contributed by atoms with van der Waals surface area (Å²) < 4.78 is 17.8. The topological polar surface area (TPSA) is 48.0 Å². The summed E-state index contributed by atoms with van der Waals surface area (Å²) in [5.41, 5.74) is 0.938. The second kappa shape index (κ2) is 6.82. The van der Waals surface area contributed by atoms with Crippen molar-refractivity contribution in [2.75, 3.05) is 6.54 Å². The average Bonchev–Trinajstić information content (AvgIpc) is 3.09. The van der Waals surface area contributed by atoms with E-state index in [-0.39, 0.29) is 30.5 Å². The summed E-state index contributed by atoms with van der Waals surface area (Å²) in [5.74, 6) is 0. The molecule has 0 radical (unpaired) electrons. The Bertz CT molecular complexity index is 677. The van der Waals surface area contributed by atoms with E-state index in [1.54, 1.807) is 0 Å². The summed E-state index contributed by atoms with van der Waals surface area (Å²) in [4.78, 5) is 14.4.